The van der Waals surface area contributed by atoms with Crippen LogP contribution in [0.5, 0.6) is 0 Å². The number of nitrogens with one attached hydrogen (secondary N) is 2. The zero-order valence-corrected chi connectivity index (χ0v) is 17.3. The predicted molar refractivity (Wildman–Crippen MR) is 108 cm³/mol. The second kappa shape index (κ2) is 9.48. The number of hydrogen-bond donors (Lipinski definition) is 3. The summed E-state index contributed by atoms with van der Waals surface area (Å²) < 4.78 is 9.71. The molecule has 2 amide bonds. The van der Waals surface area contributed by atoms with Gasteiger partial charge in [-0.1, -0.05) is 0 Å². The SMILES string of the molecule is COC(=O)[C@H](CO)NC(=O)c1cnc(-c2ccc(NC(=O)OC(C)(C)C)cc2)s1. The van der Waals surface area contributed by atoms with Crippen molar-refractivity contribution in [2.24, 2.45) is 0 Å². The van der Waals surface area contributed by atoms with Gasteiger partial charge in [0.05, 0.1) is 19.9 Å². The third-order valence-corrected chi connectivity index (χ3v) is 4.53. The molecular weight excluding hydrogens is 398 g/mol. The van der Waals surface area contributed by atoms with Gasteiger partial charge in [-0.05, 0) is 45.0 Å². The summed E-state index contributed by atoms with van der Waals surface area (Å²) in [6.45, 7) is 4.76. The number of thiazole rings is 1. The molecule has 1 atom stereocenters. The van der Waals surface area contributed by atoms with Crippen molar-refractivity contribution in [1.29, 1.82) is 0 Å². The summed E-state index contributed by atoms with van der Waals surface area (Å²) in [5.74, 6) is -1.28. The number of aromatic nitrogens is 1. The fourth-order valence-electron chi connectivity index (χ4n) is 2.18. The second-order valence-corrected chi connectivity index (χ2v) is 8.00. The molecule has 0 radical (unpaired) electrons. The molecular formula is C19H23N3O6S. The molecule has 3 N–H and O–H groups in total. The molecule has 1 heterocycles. The maximum absolute atomic E-state index is 12.2. The highest BCUT2D eigenvalue weighted by Crippen LogP contribution is 2.26. The quantitative estimate of drug-likeness (QED) is 0.611. The van der Waals surface area contributed by atoms with Crippen LogP contribution in [0.4, 0.5) is 10.5 Å². The Balaban J connectivity index is 2.04. The van der Waals surface area contributed by atoms with E-state index >= 15 is 0 Å². The summed E-state index contributed by atoms with van der Waals surface area (Å²) >= 11 is 1.12. The normalized spacial score (nSPS) is 12.0. The van der Waals surface area contributed by atoms with Gasteiger partial charge in [0.2, 0.25) is 0 Å². The number of rotatable bonds is 6. The molecule has 0 saturated heterocycles. The maximum Gasteiger partial charge on any atom is 0.412 e. The molecule has 9 nitrogen and oxygen atoms in total. The molecule has 0 saturated carbocycles. The van der Waals surface area contributed by atoms with Crippen LogP contribution in [-0.2, 0) is 14.3 Å². The Morgan fingerprint density at radius 2 is 1.86 bits per heavy atom. The summed E-state index contributed by atoms with van der Waals surface area (Å²) in [5, 5.41) is 14.8. The number of aliphatic hydroxyl groups excluding tert-OH is 1. The minimum absolute atomic E-state index is 0.276. The first-order valence-corrected chi connectivity index (χ1v) is 9.50. The summed E-state index contributed by atoms with van der Waals surface area (Å²) in [4.78, 5) is 40.0. The fourth-order valence-corrected chi connectivity index (χ4v) is 3.01. The molecule has 10 heteroatoms. The molecule has 156 valence electrons. The van der Waals surface area contributed by atoms with Crippen molar-refractivity contribution in [3.63, 3.8) is 0 Å². The average molecular weight is 421 g/mol. The Labute approximate surface area is 172 Å². The molecule has 0 spiro atoms. The molecule has 2 rings (SSSR count). The Morgan fingerprint density at radius 3 is 2.41 bits per heavy atom. The number of esters is 1. The van der Waals surface area contributed by atoms with Gasteiger partial charge in [0.15, 0.2) is 6.04 Å². The van der Waals surface area contributed by atoms with Crippen LogP contribution < -0.4 is 10.6 Å². The van der Waals surface area contributed by atoms with Crippen LogP contribution in [0.25, 0.3) is 10.6 Å². The lowest BCUT2D eigenvalue weighted by Crippen LogP contribution is -2.43. The van der Waals surface area contributed by atoms with Crippen molar-refractivity contribution in [3.05, 3.63) is 35.3 Å². The number of carbonyl (C=O) groups excluding carboxylic acids is 3. The summed E-state index contributed by atoms with van der Waals surface area (Å²) in [6.07, 6.45) is 0.830. The minimum Gasteiger partial charge on any atom is -0.467 e. The lowest BCUT2D eigenvalue weighted by molar-refractivity contribution is -0.143. The standard InChI is InChI=1S/C19H23N3O6S/c1-19(2,3)28-18(26)21-12-7-5-11(6-8-12)16-20-9-14(29-16)15(24)22-13(10-23)17(25)27-4/h5-9,13,23H,10H2,1-4H3,(H,21,26)(H,22,24)/t13-/m0/s1. The number of ether oxygens (including phenoxy) is 2. The smallest absolute Gasteiger partial charge is 0.412 e. The molecule has 2 aromatic rings. The molecule has 1 aromatic heterocycles. The van der Waals surface area contributed by atoms with E-state index < -0.39 is 36.2 Å². The van der Waals surface area contributed by atoms with Gasteiger partial charge in [0.25, 0.3) is 5.91 Å². The van der Waals surface area contributed by atoms with E-state index in [1.807, 2.05) is 0 Å². The molecule has 0 fully saturated rings. The van der Waals surface area contributed by atoms with Crippen molar-refractivity contribution in [3.8, 4) is 10.6 Å². The third-order valence-electron chi connectivity index (χ3n) is 3.48. The van der Waals surface area contributed by atoms with Crippen LogP contribution in [-0.4, -0.2) is 53.4 Å². The molecule has 0 bridgehead atoms. The molecule has 0 unspecified atom stereocenters. The number of anilines is 1. The van der Waals surface area contributed by atoms with E-state index in [0.29, 0.717) is 10.7 Å². The van der Waals surface area contributed by atoms with Gasteiger partial charge in [0.1, 0.15) is 15.5 Å². The van der Waals surface area contributed by atoms with Crippen LogP contribution in [0.15, 0.2) is 30.5 Å². The molecule has 29 heavy (non-hydrogen) atoms. The van der Waals surface area contributed by atoms with Crippen LogP contribution in [0.3, 0.4) is 0 Å². The minimum atomic E-state index is -1.14. The van der Waals surface area contributed by atoms with Crippen molar-refractivity contribution >= 4 is 35.0 Å². The Morgan fingerprint density at radius 1 is 1.21 bits per heavy atom. The fraction of sp³-hybridized carbons (Fsp3) is 0.368. The van der Waals surface area contributed by atoms with Gasteiger partial charge in [0, 0.05) is 11.3 Å². The van der Waals surface area contributed by atoms with Crippen LogP contribution >= 0.6 is 11.3 Å². The predicted octanol–water partition coefficient (Wildman–Crippen LogP) is 2.42. The van der Waals surface area contributed by atoms with Crippen molar-refractivity contribution in [2.45, 2.75) is 32.4 Å². The number of nitrogens with zero attached hydrogens (tertiary/aromatic N) is 1. The Kier molecular flexibility index (Phi) is 7.29. The monoisotopic (exact) mass is 421 g/mol. The molecule has 0 aliphatic carbocycles. The molecule has 1 aromatic carbocycles. The first kappa shape index (κ1) is 22.3. The van der Waals surface area contributed by atoms with Crippen molar-refractivity contribution in [2.75, 3.05) is 19.0 Å². The number of amides is 2. The van der Waals surface area contributed by atoms with Gasteiger partial charge in [-0.3, -0.25) is 10.1 Å². The van der Waals surface area contributed by atoms with Gasteiger partial charge < -0.3 is 19.9 Å². The average Bonchev–Trinajstić information content (AvgIpc) is 3.14. The van der Waals surface area contributed by atoms with E-state index in [9.17, 15) is 19.5 Å². The van der Waals surface area contributed by atoms with Crippen LogP contribution in [0, 0.1) is 0 Å². The number of carbonyl (C=O) groups is 3. The highest BCUT2D eigenvalue weighted by molar-refractivity contribution is 7.16. The van der Waals surface area contributed by atoms with Crippen LogP contribution in [0.1, 0.15) is 30.4 Å². The lowest BCUT2D eigenvalue weighted by atomic mass is 10.2. The largest absolute Gasteiger partial charge is 0.467 e. The summed E-state index contributed by atoms with van der Waals surface area (Å²) in [7, 11) is 1.17. The zero-order valence-electron chi connectivity index (χ0n) is 16.5. The molecule has 0 aliphatic rings. The first-order valence-electron chi connectivity index (χ1n) is 8.68. The Hall–Kier alpha value is -2.98. The Bertz CT molecular complexity index is 873. The van der Waals surface area contributed by atoms with E-state index in [1.165, 1.54) is 13.3 Å². The van der Waals surface area contributed by atoms with E-state index in [1.54, 1.807) is 45.0 Å². The van der Waals surface area contributed by atoms with Crippen LogP contribution in [0.2, 0.25) is 0 Å². The van der Waals surface area contributed by atoms with Crippen molar-refractivity contribution < 1.29 is 29.0 Å². The van der Waals surface area contributed by atoms with E-state index in [0.717, 1.165) is 16.9 Å². The van der Waals surface area contributed by atoms with Crippen molar-refractivity contribution in [1.82, 2.24) is 10.3 Å². The number of hydrogen-bond acceptors (Lipinski definition) is 8. The zero-order chi connectivity index (χ0) is 21.6. The van der Waals surface area contributed by atoms with Gasteiger partial charge in [-0.15, -0.1) is 11.3 Å². The number of methoxy groups -OCH3 is 1. The van der Waals surface area contributed by atoms with Gasteiger partial charge in [-0.2, -0.15) is 0 Å². The van der Waals surface area contributed by atoms with Gasteiger partial charge >= 0.3 is 12.1 Å². The van der Waals surface area contributed by atoms with Gasteiger partial charge in [-0.25, -0.2) is 14.6 Å². The first-order chi connectivity index (χ1) is 13.6. The highest BCUT2D eigenvalue weighted by Gasteiger charge is 2.22. The highest BCUT2D eigenvalue weighted by atomic mass is 32.1. The van der Waals surface area contributed by atoms with E-state index in [2.05, 4.69) is 20.4 Å². The topological polar surface area (TPSA) is 127 Å². The lowest BCUT2D eigenvalue weighted by Gasteiger charge is -2.19. The number of aliphatic hydroxyl groups is 1. The van der Waals surface area contributed by atoms with E-state index in [-0.39, 0.29) is 4.88 Å². The molecule has 0 aliphatic heterocycles. The number of benzene rings is 1. The summed E-state index contributed by atoms with van der Waals surface area (Å²) in [6, 6.07) is 5.74. The third kappa shape index (κ3) is 6.54. The maximum atomic E-state index is 12.2. The summed E-state index contributed by atoms with van der Waals surface area (Å²) in [5.41, 5.74) is 0.710. The second-order valence-electron chi connectivity index (χ2n) is 6.97. The van der Waals surface area contributed by atoms with E-state index in [4.69, 9.17) is 4.74 Å².